The molecule has 1 aromatic heterocycles. The van der Waals surface area contributed by atoms with E-state index in [4.69, 9.17) is 4.74 Å². The molecule has 0 saturated carbocycles. The highest BCUT2D eigenvalue weighted by Crippen LogP contribution is 2.45. The van der Waals surface area contributed by atoms with E-state index < -0.39 is 17.7 Å². The number of ether oxygens (including phenoxy) is 1. The number of carbonyl (C=O) groups excluding carboxylic acids is 2. The molecular weight excluding hydrogens is 553 g/mol. The number of halogens is 1. The van der Waals surface area contributed by atoms with Crippen molar-refractivity contribution < 1.29 is 28.9 Å². The standard InChI is InChI=1S/C29H22FN3O5S2/c1-15-11-19-12-17(9-10-22(19)38-15)25(35)23-24(16-6-4-7-20(34)13-16)33(27(37)26(23)36)28-31-32-29(40-28)39-14-18-5-2-3-8-21(18)30/h2-10,12-13,15,24,34-35H,11,14H2,1H3/t15-,24-/m0/s1. The van der Waals surface area contributed by atoms with Crippen molar-refractivity contribution in [2.24, 2.45) is 0 Å². The van der Waals surface area contributed by atoms with E-state index in [9.17, 15) is 24.2 Å². The van der Waals surface area contributed by atoms with E-state index in [0.717, 1.165) is 16.9 Å². The second kappa shape index (κ2) is 10.4. The number of aromatic nitrogens is 2. The maximum absolute atomic E-state index is 14.1. The minimum absolute atomic E-state index is 0.00637. The Bertz CT molecular complexity index is 1690. The van der Waals surface area contributed by atoms with Gasteiger partial charge in [-0.05, 0) is 60.0 Å². The number of aliphatic hydroxyl groups excluding tert-OH is 1. The van der Waals surface area contributed by atoms with Gasteiger partial charge in [0, 0.05) is 17.7 Å². The number of ketones is 1. The van der Waals surface area contributed by atoms with Crippen LogP contribution in [0.15, 0.2) is 76.6 Å². The summed E-state index contributed by atoms with van der Waals surface area (Å²) in [6.45, 7) is 1.94. The molecule has 3 heterocycles. The quantitative estimate of drug-likeness (QED) is 0.100. The van der Waals surface area contributed by atoms with Gasteiger partial charge in [0.15, 0.2) is 4.34 Å². The summed E-state index contributed by atoms with van der Waals surface area (Å²) in [5.41, 5.74) is 2.05. The van der Waals surface area contributed by atoms with E-state index in [-0.39, 0.29) is 34.1 Å². The molecule has 4 aromatic rings. The second-order valence-corrected chi connectivity index (χ2v) is 11.6. The number of hydrogen-bond donors (Lipinski definition) is 2. The van der Waals surface area contributed by atoms with Gasteiger partial charge in [-0.25, -0.2) is 4.39 Å². The first-order valence-electron chi connectivity index (χ1n) is 12.4. The second-order valence-electron chi connectivity index (χ2n) is 9.45. The molecule has 40 heavy (non-hydrogen) atoms. The number of fused-ring (bicyclic) bond motifs is 1. The molecule has 0 unspecified atom stereocenters. The highest BCUT2D eigenvalue weighted by molar-refractivity contribution is 8.00. The summed E-state index contributed by atoms with van der Waals surface area (Å²) in [5.74, 6) is -1.48. The molecule has 8 nitrogen and oxygen atoms in total. The van der Waals surface area contributed by atoms with Gasteiger partial charge in [0.25, 0.3) is 5.78 Å². The molecule has 0 radical (unpaired) electrons. The summed E-state index contributed by atoms with van der Waals surface area (Å²) >= 11 is 2.33. The summed E-state index contributed by atoms with van der Waals surface area (Å²) in [4.78, 5) is 28.0. The normalized spacial score (nSPS) is 19.6. The van der Waals surface area contributed by atoms with E-state index in [2.05, 4.69) is 10.2 Å². The maximum Gasteiger partial charge on any atom is 0.301 e. The number of rotatable bonds is 6. The fourth-order valence-electron chi connectivity index (χ4n) is 4.88. The first-order chi connectivity index (χ1) is 19.3. The third-order valence-corrected chi connectivity index (χ3v) is 8.82. The molecule has 0 bridgehead atoms. The molecule has 3 aromatic carbocycles. The van der Waals surface area contributed by atoms with Gasteiger partial charge in [0.05, 0.1) is 11.6 Å². The number of aromatic hydroxyl groups is 1. The number of amides is 1. The lowest BCUT2D eigenvalue weighted by molar-refractivity contribution is -0.132. The molecule has 1 fully saturated rings. The van der Waals surface area contributed by atoms with Crippen molar-refractivity contribution in [2.75, 3.05) is 4.90 Å². The van der Waals surface area contributed by atoms with Gasteiger partial charge < -0.3 is 14.9 Å². The predicted octanol–water partition coefficient (Wildman–Crippen LogP) is 5.62. The number of aliphatic hydroxyl groups is 1. The molecule has 0 spiro atoms. The van der Waals surface area contributed by atoms with Crippen LogP contribution in [0.3, 0.4) is 0 Å². The van der Waals surface area contributed by atoms with Crippen LogP contribution in [0.2, 0.25) is 0 Å². The van der Waals surface area contributed by atoms with Crippen LogP contribution in [0, 0.1) is 5.82 Å². The van der Waals surface area contributed by atoms with E-state index in [0.29, 0.717) is 39.0 Å². The smallest absolute Gasteiger partial charge is 0.301 e. The molecule has 0 aliphatic carbocycles. The molecular formula is C29H22FN3O5S2. The molecule has 2 aliphatic heterocycles. The minimum Gasteiger partial charge on any atom is -0.508 e. The van der Waals surface area contributed by atoms with Gasteiger partial charge in [-0.15, -0.1) is 10.2 Å². The zero-order valence-electron chi connectivity index (χ0n) is 21.1. The number of nitrogens with zero attached hydrogens (tertiary/aromatic N) is 3. The van der Waals surface area contributed by atoms with Crippen LogP contribution < -0.4 is 9.64 Å². The van der Waals surface area contributed by atoms with Crippen molar-refractivity contribution in [1.29, 1.82) is 0 Å². The largest absolute Gasteiger partial charge is 0.508 e. The van der Waals surface area contributed by atoms with E-state index in [1.165, 1.54) is 34.9 Å². The molecule has 2 N–H and O–H groups in total. The zero-order valence-corrected chi connectivity index (χ0v) is 22.7. The molecule has 6 rings (SSSR count). The van der Waals surface area contributed by atoms with Crippen LogP contribution in [-0.2, 0) is 21.8 Å². The van der Waals surface area contributed by atoms with Crippen molar-refractivity contribution in [3.63, 3.8) is 0 Å². The Morgan fingerprint density at radius 3 is 2.75 bits per heavy atom. The molecule has 1 saturated heterocycles. The molecule has 1 amide bonds. The Labute approximate surface area is 236 Å². The monoisotopic (exact) mass is 575 g/mol. The van der Waals surface area contributed by atoms with E-state index in [1.54, 1.807) is 48.5 Å². The number of phenolic OH excluding ortho intramolecular Hbond substituents is 1. The molecule has 2 aliphatic rings. The lowest BCUT2D eigenvalue weighted by Gasteiger charge is -2.22. The Balaban J connectivity index is 1.39. The lowest BCUT2D eigenvalue weighted by Crippen LogP contribution is -2.29. The topological polar surface area (TPSA) is 113 Å². The molecule has 11 heteroatoms. The van der Waals surface area contributed by atoms with Crippen LogP contribution in [0.5, 0.6) is 11.5 Å². The first kappa shape index (κ1) is 26.0. The number of thioether (sulfide) groups is 1. The average molecular weight is 576 g/mol. The fourth-order valence-corrected chi connectivity index (χ4v) is 6.73. The first-order valence-corrected chi connectivity index (χ1v) is 14.2. The third-order valence-electron chi connectivity index (χ3n) is 6.71. The van der Waals surface area contributed by atoms with Gasteiger partial charge in [-0.3, -0.25) is 14.5 Å². The number of anilines is 1. The number of hydrogen-bond acceptors (Lipinski definition) is 9. The Kier molecular flexibility index (Phi) is 6.77. The van der Waals surface area contributed by atoms with Gasteiger partial charge in [-0.1, -0.05) is 53.4 Å². The SMILES string of the molecule is C[C@H]1Cc2cc(C(O)=C3C(=O)C(=O)N(c4nnc(SCc5ccccc5F)s4)[C@H]3c3cccc(O)c3)ccc2O1. The number of benzene rings is 3. The van der Waals surface area contributed by atoms with E-state index in [1.807, 2.05) is 6.92 Å². The summed E-state index contributed by atoms with van der Waals surface area (Å²) in [5, 5.41) is 30.1. The van der Waals surface area contributed by atoms with Crippen molar-refractivity contribution in [3.05, 3.63) is 100 Å². The highest BCUT2D eigenvalue weighted by Gasteiger charge is 2.48. The van der Waals surface area contributed by atoms with Crippen LogP contribution in [0.1, 0.15) is 35.2 Å². The highest BCUT2D eigenvalue weighted by atomic mass is 32.2. The average Bonchev–Trinajstić information content (AvgIpc) is 3.63. The van der Waals surface area contributed by atoms with Crippen LogP contribution in [0.25, 0.3) is 5.76 Å². The summed E-state index contributed by atoms with van der Waals surface area (Å²) in [7, 11) is 0. The number of Topliss-reactive ketones (excluding diaryl/α,β-unsaturated/α-hetero) is 1. The Hall–Kier alpha value is -4.22. The molecule has 2 atom stereocenters. The van der Waals surface area contributed by atoms with Gasteiger partial charge in [-0.2, -0.15) is 0 Å². The predicted molar refractivity (Wildman–Crippen MR) is 149 cm³/mol. The lowest BCUT2D eigenvalue weighted by atomic mass is 9.94. The Morgan fingerprint density at radius 2 is 1.95 bits per heavy atom. The van der Waals surface area contributed by atoms with Crippen molar-refractivity contribution >= 4 is 45.7 Å². The van der Waals surface area contributed by atoms with Crippen LogP contribution in [0.4, 0.5) is 9.52 Å². The maximum atomic E-state index is 14.1. The van der Waals surface area contributed by atoms with Crippen LogP contribution >= 0.6 is 23.1 Å². The van der Waals surface area contributed by atoms with Gasteiger partial charge in [0.1, 0.15) is 29.2 Å². The van der Waals surface area contributed by atoms with Crippen molar-refractivity contribution in [1.82, 2.24) is 10.2 Å². The summed E-state index contributed by atoms with van der Waals surface area (Å²) in [6.07, 6.45) is 0.645. The number of phenols is 1. The van der Waals surface area contributed by atoms with Crippen LogP contribution in [-0.4, -0.2) is 38.2 Å². The third kappa shape index (κ3) is 4.71. The minimum atomic E-state index is -1.06. The van der Waals surface area contributed by atoms with Gasteiger partial charge in [0.2, 0.25) is 5.13 Å². The Morgan fingerprint density at radius 1 is 1.12 bits per heavy atom. The van der Waals surface area contributed by atoms with Gasteiger partial charge >= 0.3 is 5.91 Å². The van der Waals surface area contributed by atoms with Crippen molar-refractivity contribution in [3.8, 4) is 11.5 Å². The summed E-state index contributed by atoms with van der Waals surface area (Å²) in [6, 6.07) is 16.6. The van der Waals surface area contributed by atoms with E-state index >= 15 is 0 Å². The fraction of sp³-hybridized carbons (Fsp3) is 0.172. The summed E-state index contributed by atoms with van der Waals surface area (Å²) < 4.78 is 20.3. The zero-order chi connectivity index (χ0) is 28.0. The molecule has 202 valence electrons. The number of carbonyl (C=O) groups is 2. The van der Waals surface area contributed by atoms with Crippen molar-refractivity contribution in [2.45, 2.75) is 35.6 Å².